The number of carbonyl (C=O) groups is 2. The van der Waals surface area contributed by atoms with Gasteiger partial charge in [0.25, 0.3) is 5.91 Å². The molecule has 2 amide bonds. The second-order valence-corrected chi connectivity index (χ2v) is 9.30. The summed E-state index contributed by atoms with van der Waals surface area (Å²) < 4.78 is 29.2. The van der Waals surface area contributed by atoms with Crippen LogP contribution in [0.1, 0.15) is 49.8 Å². The number of nitrogens with zero attached hydrogens (tertiary/aromatic N) is 3. The minimum atomic E-state index is -0.981. The van der Waals surface area contributed by atoms with Crippen molar-refractivity contribution in [3.8, 4) is 11.4 Å². The molecule has 0 fully saturated rings. The third-order valence-electron chi connectivity index (χ3n) is 5.27. The van der Waals surface area contributed by atoms with Gasteiger partial charge in [0.1, 0.15) is 11.9 Å². The van der Waals surface area contributed by atoms with Crippen LogP contribution in [0.25, 0.3) is 11.4 Å². The highest BCUT2D eigenvalue weighted by molar-refractivity contribution is 5.97. The maximum atomic E-state index is 13.9. The van der Waals surface area contributed by atoms with E-state index in [1.807, 2.05) is 32.4 Å². The number of nitrogens with one attached hydrogen (secondary N) is 1. The van der Waals surface area contributed by atoms with Crippen LogP contribution in [-0.4, -0.2) is 45.9 Å². The minimum absolute atomic E-state index is 0.161. The van der Waals surface area contributed by atoms with Gasteiger partial charge in [-0.2, -0.15) is 0 Å². The molecular formula is C22H29F2N5O2. The molecule has 1 aromatic heterocycles. The number of benzene rings is 1. The lowest BCUT2D eigenvalue weighted by Gasteiger charge is -2.24. The average Bonchev–Trinajstić information content (AvgIpc) is 2.89. The summed E-state index contributed by atoms with van der Waals surface area (Å²) in [5.41, 5.74) is 6.49. The summed E-state index contributed by atoms with van der Waals surface area (Å²) in [5.74, 6) is -2.67. The summed E-state index contributed by atoms with van der Waals surface area (Å²) in [6.45, 7) is 7.71. The number of aromatic nitrogens is 2. The van der Waals surface area contributed by atoms with Crippen molar-refractivity contribution in [2.75, 3.05) is 13.6 Å². The first kappa shape index (κ1) is 22.9. The fourth-order valence-electron chi connectivity index (χ4n) is 3.82. The number of nitrogens with two attached hydrogens (primary N) is 1. The number of rotatable bonds is 5. The summed E-state index contributed by atoms with van der Waals surface area (Å²) >= 11 is 0. The van der Waals surface area contributed by atoms with Crippen LogP contribution in [0.4, 0.5) is 8.78 Å². The van der Waals surface area contributed by atoms with Crippen LogP contribution in [0.3, 0.4) is 0 Å². The van der Waals surface area contributed by atoms with E-state index in [1.165, 1.54) is 6.07 Å². The lowest BCUT2D eigenvalue weighted by Crippen LogP contribution is -2.46. The molecule has 0 bridgehead atoms. The number of fused-ring (bicyclic) bond motifs is 1. The fraction of sp³-hybridized carbons (Fsp3) is 0.500. The first-order valence-corrected chi connectivity index (χ1v) is 10.3. The molecule has 0 saturated carbocycles. The van der Waals surface area contributed by atoms with Crippen molar-refractivity contribution >= 4 is 11.8 Å². The molecule has 9 heteroatoms. The van der Waals surface area contributed by atoms with E-state index in [-0.39, 0.29) is 11.1 Å². The van der Waals surface area contributed by atoms with Gasteiger partial charge in [0.2, 0.25) is 5.91 Å². The topological polar surface area (TPSA) is 93.2 Å². The molecule has 2 aromatic rings. The van der Waals surface area contributed by atoms with Crippen molar-refractivity contribution in [2.24, 2.45) is 11.1 Å². The fourth-order valence-corrected chi connectivity index (χ4v) is 3.82. The number of halogens is 2. The van der Waals surface area contributed by atoms with Gasteiger partial charge < -0.3 is 20.5 Å². The largest absolute Gasteiger partial charge is 0.368 e. The molecule has 1 aliphatic heterocycles. The van der Waals surface area contributed by atoms with E-state index in [2.05, 4.69) is 15.2 Å². The minimum Gasteiger partial charge on any atom is -0.368 e. The van der Waals surface area contributed by atoms with Gasteiger partial charge >= 0.3 is 0 Å². The summed E-state index contributed by atoms with van der Waals surface area (Å²) in [6, 6.07) is 2.71. The van der Waals surface area contributed by atoms with Crippen molar-refractivity contribution in [3.05, 3.63) is 41.2 Å². The lowest BCUT2D eigenvalue weighted by atomic mass is 9.88. The van der Waals surface area contributed by atoms with E-state index >= 15 is 0 Å². The maximum absolute atomic E-state index is 13.9. The van der Waals surface area contributed by atoms with Gasteiger partial charge in [0, 0.05) is 18.7 Å². The molecule has 1 unspecified atom stereocenters. The second kappa shape index (κ2) is 8.74. The van der Waals surface area contributed by atoms with E-state index in [4.69, 9.17) is 5.73 Å². The molecule has 7 nitrogen and oxygen atoms in total. The Kier molecular flexibility index (Phi) is 6.45. The van der Waals surface area contributed by atoms with Crippen LogP contribution in [0.15, 0.2) is 18.2 Å². The number of amides is 2. The van der Waals surface area contributed by atoms with E-state index in [0.717, 1.165) is 25.1 Å². The van der Waals surface area contributed by atoms with Gasteiger partial charge in [-0.15, -0.1) is 0 Å². The Morgan fingerprint density at radius 2 is 1.94 bits per heavy atom. The highest BCUT2D eigenvalue weighted by Gasteiger charge is 2.30. The molecule has 0 aliphatic carbocycles. The second-order valence-electron chi connectivity index (χ2n) is 9.30. The van der Waals surface area contributed by atoms with Gasteiger partial charge in [-0.25, -0.2) is 13.8 Å². The normalized spacial score (nSPS) is 15.8. The lowest BCUT2D eigenvalue weighted by molar-refractivity contribution is -0.120. The summed E-state index contributed by atoms with van der Waals surface area (Å²) in [5, 5.41) is 2.72. The van der Waals surface area contributed by atoms with Crippen molar-refractivity contribution in [2.45, 2.75) is 52.7 Å². The molecule has 3 N–H and O–H groups in total. The zero-order valence-electron chi connectivity index (χ0n) is 18.3. The smallest absolute Gasteiger partial charge is 0.272 e. The van der Waals surface area contributed by atoms with Crippen LogP contribution in [0, 0.1) is 17.0 Å². The average molecular weight is 434 g/mol. The van der Waals surface area contributed by atoms with Crippen LogP contribution >= 0.6 is 0 Å². The Labute approximate surface area is 180 Å². The van der Waals surface area contributed by atoms with Crippen LogP contribution < -0.4 is 11.1 Å². The van der Waals surface area contributed by atoms with E-state index in [9.17, 15) is 18.4 Å². The molecule has 2 heterocycles. The Hall–Kier alpha value is -2.81. The third-order valence-corrected chi connectivity index (χ3v) is 5.27. The van der Waals surface area contributed by atoms with E-state index < -0.39 is 29.5 Å². The summed E-state index contributed by atoms with van der Waals surface area (Å²) in [6.07, 6.45) is 1.19. The first-order chi connectivity index (χ1) is 14.5. The number of carbonyl (C=O) groups excluding carboxylic acids is 2. The zero-order valence-corrected chi connectivity index (χ0v) is 18.3. The number of primary amides is 1. The molecule has 0 radical (unpaired) electrons. The Bertz CT molecular complexity index is 997. The standard InChI is InChI=1S/C22H29F2N5O2/c1-22(2,3)11-16(19(25)30)26-21(31)18-17-12-28(4)8-5-9-29(17)20(27-18)13-6-7-14(23)15(24)10-13/h6-7,10,16H,5,8-9,11-12H2,1-4H3,(H2,25,30)(H,26,31). The molecule has 168 valence electrons. The van der Waals surface area contributed by atoms with Gasteiger partial charge in [-0.05, 0) is 50.0 Å². The van der Waals surface area contributed by atoms with Crippen LogP contribution in [0.5, 0.6) is 0 Å². The SMILES string of the molecule is CN1CCCn2c(-c3ccc(F)c(F)c3)nc(C(=O)NC(CC(C)(C)C)C(N)=O)c2C1. The zero-order chi connectivity index (χ0) is 22.9. The van der Waals surface area contributed by atoms with Crippen molar-refractivity contribution < 1.29 is 18.4 Å². The molecule has 0 spiro atoms. The highest BCUT2D eigenvalue weighted by atomic mass is 19.2. The predicted molar refractivity (Wildman–Crippen MR) is 113 cm³/mol. The van der Waals surface area contributed by atoms with Gasteiger partial charge in [-0.1, -0.05) is 20.8 Å². The van der Waals surface area contributed by atoms with E-state index in [1.54, 1.807) is 0 Å². The van der Waals surface area contributed by atoms with Crippen molar-refractivity contribution in [3.63, 3.8) is 0 Å². The van der Waals surface area contributed by atoms with Crippen LogP contribution in [0.2, 0.25) is 0 Å². The van der Waals surface area contributed by atoms with Gasteiger partial charge in [0.05, 0.1) is 5.69 Å². The number of imidazole rings is 1. The highest BCUT2D eigenvalue weighted by Crippen LogP contribution is 2.28. The molecule has 1 aliphatic rings. The quantitative estimate of drug-likeness (QED) is 0.758. The monoisotopic (exact) mass is 433 g/mol. The number of hydrogen-bond donors (Lipinski definition) is 2. The van der Waals surface area contributed by atoms with Crippen molar-refractivity contribution in [1.29, 1.82) is 0 Å². The van der Waals surface area contributed by atoms with Gasteiger partial charge in [0.15, 0.2) is 17.3 Å². The third kappa shape index (κ3) is 5.28. The Morgan fingerprint density at radius 3 is 2.55 bits per heavy atom. The van der Waals surface area contributed by atoms with Crippen molar-refractivity contribution in [1.82, 2.24) is 19.8 Å². The predicted octanol–water partition coefficient (Wildman–Crippen LogP) is 2.68. The molecule has 31 heavy (non-hydrogen) atoms. The Morgan fingerprint density at radius 1 is 1.23 bits per heavy atom. The molecular weight excluding hydrogens is 404 g/mol. The van der Waals surface area contributed by atoms with E-state index in [0.29, 0.717) is 36.6 Å². The molecule has 3 rings (SSSR count). The molecule has 1 atom stereocenters. The van der Waals surface area contributed by atoms with Gasteiger partial charge in [-0.3, -0.25) is 9.59 Å². The molecule has 0 saturated heterocycles. The maximum Gasteiger partial charge on any atom is 0.272 e. The molecule has 1 aromatic carbocycles. The summed E-state index contributed by atoms with van der Waals surface area (Å²) in [4.78, 5) is 31.7. The first-order valence-electron chi connectivity index (χ1n) is 10.3. The Balaban J connectivity index is 2.03. The number of hydrogen-bond acceptors (Lipinski definition) is 4. The summed E-state index contributed by atoms with van der Waals surface area (Å²) in [7, 11) is 1.94. The van der Waals surface area contributed by atoms with Crippen LogP contribution in [-0.2, 0) is 17.9 Å².